The van der Waals surface area contributed by atoms with Crippen molar-refractivity contribution in [2.75, 3.05) is 0 Å². The SMILES string of the molecule is Cn1c(-c2ccccc2)c(C=NNC(=O)c2ccccc2Br)c2ccccc21. The summed E-state index contributed by atoms with van der Waals surface area (Å²) in [5.74, 6) is -0.259. The molecule has 1 N–H and O–H groups in total. The number of halogens is 1. The van der Waals surface area contributed by atoms with Crippen molar-refractivity contribution >= 4 is 39.0 Å². The van der Waals surface area contributed by atoms with E-state index in [2.05, 4.69) is 55.3 Å². The second kappa shape index (κ2) is 7.82. The van der Waals surface area contributed by atoms with E-state index in [-0.39, 0.29) is 5.91 Å². The molecule has 0 atom stereocenters. The van der Waals surface area contributed by atoms with Gasteiger partial charge in [-0.25, -0.2) is 5.43 Å². The fraction of sp³-hybridized carbons (Fsp3) is 0.0435. The number of hydrazone groups is 1. The quantitative estimate of drug-likeness (QED) is 0.342. The summed E-state index contributed by atoms with van der Waals surface area (Å²) < 4.78 is 2.89. The van der Waals surface area contributed by atoms with Gasteiger partial charge in [0.15, 0.2) is 0 Å². The lowest BCUT2D eigenvalue weighted by Gasteiger charge is -2.06. The van der Waals surface area contributed by atoms with Gasteiger partial charge in [0.05, 0.1) is 17.5 Å². The highest BCUT2D eigenvalue weighted by Crippen LogP contribution is 2.31. The zero-order valence-electron chi connectivity index (χ0n) is 15.3. The van der Waals surface area contributed by atoms with Crippen LogP contribution in [0.15, 0.2) is 88.4 Å². The number of aromatic nitrogens is 1. The van der Waals surface area contributed by atoms with Crippen molar-refractivity contribution in [2.24, 2.45) is 12.1 Å². The summed E-state index contributed by atoms with van der Waals surface area (Å²) in [5, 5.41) is 5.34. The molecule has 0 spiro atoms. The molecule has 1 heterocycles. The Morgan fingerprint density at radius 1 is 0.964 bits per heavy atom. The molecule has 4 aromatic rings. The molecule has 0 fully saturated rings. The van der Waals surface area contributed by atoms with Crippen molar-refractivity contribution < 1.29 is 4.79 Å². The lowest BCUT2D eigenvalue weighted by atomic mass is 10.1. The Bertz CT molecular complexity index is 1180. The number of carbonyl (C=O) groups is 1. The molecule has 0 bridgehead atoms. The van der Waals surface area contributed by atoms with Crippen LogP contribution >= 0.6 is 15.9 Å². The number of hydrogen-bond donors (Lipinski definition) is 1. The summed E-state index contributed by atoms with van der Waals surface area (Å²) in [7, 11) is 2.04. The number of para-hydroxylation sites is 1. The third-order valence-corrected chi connectivity index (χ3v) is 5.36. The first-order valence-electron chi connectivity index (χ1n) is 8.87. The van der Waals surface area contributed by atoms with E-state index in [1.807, 2.05) is 55.6 Å². The third kappa shape index (κ3) is 3.37. The maximum absolute atomic E-state index is 12.4. The number of rotatable bonds is 4. The van der Waals surface area contributed by atoms with Gasteiger partial charge in [-0.2, -0.15) is 5.10 Å². The highest BCUT2D eigenvalue weighted by Gasteiger charge is 2.15. The van der Waals surface area contributed by atoms with E-state index in [4.69, 9.17) is 0 Å². The maximum atomic E-state index is 12.4. The number of nitrogens with zero attached hydrogens (tertiary/aromatic N) is 2. The third-order valence-electron chi connectivity index (χ3n) is 4.67. The summed E-state index contributed by atoms with van der Waals surface area (Å²) >= 11 is 3.40. The number of amides is 1. The Kier molecular flexibility index (Phi) is 5.08. The normalized spacial score (nSPS) is 11.2. The molecule has 3 aromatic carbocycles. The monoisotopic (exact) mass is 431 g/mol. The number of benzene rings is 3. The van der Waals surface area contributed by atoms with Crippen molar-refractivity contribution in [3.05, 3.63) is 94.5 Å². The predicted octanol–water partition coefficient (Wildman–Crippen LogP) is 5.37. The number of aryl methyl sites for hydroxylation is 1. The first kappa shape index (κ1) is 18.2. The summed E-state index contributed by atoms with van der Waals surface area (Å²) in [6, 6.07) is 25.6. The van der Waals surface area contributed by atoms with Gasteiger partial charge in [0.25, 0.3) is 5.91 Å². The van der Waals surface area contributed by atoms with Crippen LogP contribution in [-0.4, -0.2) is 16.7 Å². The topological polar surface area (TPSA) is 46.4 Å². The Labute approximate surface area is 171 Å². The standard InChI is InChI=1S/C23H18BrN3O/c1-27-21-14-8-6-11-17(21)19(22(27)16-9-3-2-4-10-16)15-25-26-23(28)18-12-5-7-13-20(18)24/h2-15H,1H3,(H,26,28). The molecule has 0 aliphatic rings. The van der Waals surface area contributed by atoms with E-state index >= 15 is 0 Å². The second-order valence-corrected chi connectivity index (χ2v) is 7.24. The molecule has 0 saturated heterocycles. The van der Waals surface area contributed by atoms with Crippen LogP contribution in [0.2, 0.25) is 0 Å². The number of fused-ring (bicyclic) bond motifs is 1. The van der Waals surface area contributed by atoms with Crippen LogP contribution in [0.5, 0.6) is 0 Å². The number of hydrogen-bond acceptors (Lipinski definition) is 2. The van der Waals surface area contributed by atoms with Gasteiger partial charge >= 0.3 is 0 Å². The Hall–Kier alpha value is -3.18. The zero-order valence-corrected chi connectivity index (χ0v) is 16.8. The van der Waals surface area contributed by atoms with Gasteiger partial charge in [-0.3, -0.25) is 4.79 Å². The van der Waals surface area contributed by atoms with Crippen LogP contribution in [0.3, 0.4) is 0 Å². The van der Waals surface area contributed by atoms with Crippen molar-refractivity contribution in [2.45, 2.75) is 0 Å². The number of nitrogens with one attached hydrogen (secondary N) is 1. The van der Waals surface area contributed by atoms with Gasteiger partial charge < -0.3 is 4.57 Å². The lowest BCUT2D eigenvalue weighted by Crippen LogP contribution is -2.18. The maximum Gasteiger partial charge on any atom is 0.272 e. The highest BCUT2D eigenvalue weighted by atomic mass is 79.9. The predicted molar refractivity (Wildman–Crippen MR) is 118 cm³/mol. The van der Waals surface area contributed by atoms with Crippen molar-refractivity contribution in [3.8, 4) is 11.3 Å². The molecular weight excluding hydrogens is 414 g/mol. The zero-order chi connectivity index (χ0) is 19.5. The van der Waals surface area contributed by atoms with Gasteiger partial charge in [-0.05, 0) is 39.7 Å². The average molecular weight is 432 g/mol. The van der Waals surface area contributed by atoms with Gasteiger partial charge in [0, 0.05) is 28.0 Å². The minimum Gasteiger partial charge on any atom is -0.343 e. The van der Waals surface area contributed by atoms with Crippen LogP contribution in [0.4, 0.5) is 0 Å². The van der Waals surface area contributed by atoms with Crippen molar-refractivity contribution in [1.82, 2.24) is 9.99 Å². The van der Waals surface area contributed by atoms with Gasteiger partial charge in [0.1, 0.15) is 0 Å². The van der Waals surface area contributed by atoms with E-state index < -0.39 is 0 Å². The van der Waals surface area contributed by atoms with Crippen molar-refractivity contribution in [3.63, 3.8) is 0 Å². The first-order chi connectivity index (χ1) is 13.7. The molecule has 4 rings (SSSR count). The minimum atomic E-state index is -0.259. The van der Waals surface area contributed by atoms with E-state index in [0.717, 1.165) is 32.2 Å². The van der Waals surface area contributed by atoms with E-state index in [9.17, 15) is 4.79 Å². The van der Waals surface area contributed by atoms with Crippen LogP contribution < -0.4 is 5.43 Å². The van der Waals surface area contributed by atoms with Crippen LogP contribution in [-0.2, 0) is 7.05 Å². The van der Waals surface area contributed by atoms with Gasteiger partial charge in [0.2, 0.25) is 0 Å². The van der Waals surface area contributed by atoms with Crippen LogP contribution in [0.25, 0.3) is 22.2 Å². The van der Waals surface area contributed by atoms with Gasteiger partial charge in [-0.15, -0.1) is 0 Å². The Morgan fingerprint density at radius 3 is 2.43 bits per heavy atom. The molecule has 1 amide bonds. The molecule has 0 aliphatic carbocycles. The van der Waals surface area contributed by atoms with E-state index in [1.54, 1.807) is 12.3 Å². The summed E-state index contributed by atoms with van der Waals surface area (Å²) in [5.41, 5.74) is 7.41. The highest BCUT2D eigenvalue weighted by molar-refractivity contribution is 9.10. The Balaban J connectivity index is 1.73. The first-order valence-corrected chi connectivity index (χ1v) is 9.67. The fourth-order valence-electron chi connectivity index (χ4n) is 3.36. The van der Waals surface area contributed by atoms with E-state index in [1.165, 1.54) is 0 Å². The molecule has 0 aliphatic heterocycles. The van der Waals surface area contributed by atoms with Gasteiger partial charge in [-0.1, -0.05) is 60.7 Å². The average Bonchev–Trinajstić information content (AvgIpc) is 3.01. The molecular formula is C23H18BrN3O. The second-order valence-electron chi connectivity index (χ2n) is 6.38. The van der Waals surface area contributed by atoms with Crippen molar-refractivity contribution in [1.29, 1.82) is 0 Å². The summed E-state index contributed by atoms with van der Waals surface area (Å²) in [4.78, 5) is 12.4. The molecule has 138 valence electrons. The molecule has 5 heteroatoms. The molecule has 0 saturated carbocycles. The molecule has 1 aromatic heterocycles. The smallest absolute Gasteiger partial charge is 0.272 e. The summed E-state index contributed by atoms with van der Waals surface area (Å²) in [6.07, 6.45) is 1.72. The largest absolute Gasteiger partial charge is 0.343 e. The molecule has 0 radical (unpaired) electrons. The minimum absolute atomic E-state index is 0.259. The fourth-order valence-corrected chi connectivity index (χ4v) is 3.82. The molecule has 4 nitrogen and oxygen atoms in total. The van der Waals surface area contributed by atoms with E-state index in [0.29, 0.717) is 5.56 Å². The summed E-state index contributed by atoms with van der Waals surface area (Å²) in [6.45, 7) is 0. The van der Waals surface area contributed by atoms with Crippen LogP contribution in [0.1, 0.15) is 15.9 Å². The molecule has 0 unspecified atom stereocenters. The molecule has 28 heavy (non-hydrogen) atoms. The van der Waals surface area contributed by atoms with Crippen LogP contribution in [0, 0.1) is 0 Å². The number of carbonyl (C=O) groups excluding carboxylic acids is 1. The lowest BCUT2D eigenvalue weighted by molar-refractivity contribution is 0.0954. The Morgan fingerprint density at radius 2 is 1.64 bits per heavy atom.